The van der Waals surface area contributed by atoms with Crippen LogP contribution in [0.15, 0.2) is 34.4 Å². The second-order valence-electron chi connectivity index (χ2n) is 4.59. The van der Waals surface area contributed by atoms with E-state index >= 15 is 0 Å². The van der Waals surface area contributed by atoms with Gasteiger partial charge in [0.05, 0.1) is 12.2 Å². The van der Waals surface area contributed by atoms with Crippen molar-refractivity contribution in [2.24, 2.45) is 0 Å². The lowest BCUT2D eigenvalue weighted by atomic mass is 10.1. The molecule has 2 aromatic heterocycles. The molecule has 0 saturated carbocycles. The number of imidazole rings is 1. The molecule has 0 radical (unpaired) electrons. The SMILES string of the molecule is Cc1cc(Br)cc(C)c1NCc1cn2ccsc2n1. The van der Waals surface area contributed by atoms with Gasteiger partial charge < -0.3 is 5.32 Å². The lowest BCUT2D eigenvalue weighted by molar-refractivity contribution is 1.07. The third kappa shape index (κ3) is 2.53. The van der Waals surface area contributed by atoms with Crippen molar-refractivity contribution >= 4 is 37.9 Å². The molecule has 2 heterocycles. The Morgan fingerprint density at radius 3 is 2.74 bits per heavy atom. The van der Waals surface area contributed by atoms with E-state index in [2.05, 4.69) is 62.8 Å². The van der Waals surface area contributed by atoms with Gasteiger partial charge in [0.2, 0.25) is 0 Å². The van der Waals surface area contributed by atoms with Crippen molar-refractivity contribution in [3.05, 3.63) is 51.2 Å². The summed E-state index contributed by atoms with van der Waals surface area (Å²) in [6.45, 7) is 4.98. The zero-order valence-electron chi connectivity index (χ0n) is 10.8. The summed E-state index contributed by atoms with van der Waals surface area (Å²) in [6, 6.07) is 4.25. The normalized spacial score (nSPS) is 11.1. The standard InChI is InChI=1S/C14H14BrN3S/c1-9-5-11(15)6-10(2)13(9)16-7-12-8-18-3-4-19-14(18)17-12/h3-6,8,16H,7H2,1-2H3. The summed E-state index contributed by atoms with van der Waals surface area (Å²) in [7, 11) is 0. The zero-order chi connectivity index (χ0) is 13.4. The number of benzene rings is 1. The van der Waals surface area contributed by atoms with Crippen LogP contribution in [0.2, 0.25) is 0 Å². The average molecular weight is 336 g/mol. The molecule has 3 aromatic rings. The molecule has 1 aromatic carbocycles. The molecule has 0 spiro atoms. The predicted octanol–water partition coefficient (Wildman–Crippen LogP) is 4.39. The van der Waals surface area contributed by atoms with Crippen LogP contribution in [-0.2, 0) is 6.54 Å². The highest BCUT2D eigenvalue weighted by Gasteiger charge is 2.06. The first kappa shape index (κ1) is 12.7. The fourth-order valence-corrected chi connectivity index (χ4v) is 3.64. The summed E-state index contributed by atoms with van der Waals surface area (Å²) in [5.74, 6) is 0. The van der Waals surface area contributed by atoms with Gasteiger partial charge in [-0.05, 0) is 37.1 Å². The number of halogens is 1. The number of hydrogen-bond donors (Lipinski definition) is 1. The number of fused-ring (bicyclic) bond motifs is 1. The summed E-state index contributed by atoms with van der Waals surface area (Å²) in [6.07, 6.45) is 4.11. The molecule has 3 nitrogen and oxygen atoms in total. The lowest BCUT2D eigenvalue weighted by Gasteiger charge is -2.12. The first-order valence-corrected chi connectivity index (χ1v) is 7.72. The number of thiazole rings is 1. The number of nitrogens with zero attached hydrogens (tertiary/aromatic N) is 2. The van der Waals surface area contributed by atoms with E-state index in [1.54, 1.807) is 11.3 Å². The van der Waals surface area contributed by atoms with Crippen molar-refractivity contribution in [3.63, 3.8) is 0 Å². The summed E-state index contributed by atoms with van der Waals surface area (Å²) < 4.78 is 3.18. The average Bonchev–Trinajstić information content (AvgIpc) is 2.87. The van der Waals surface area contributed by atoms with Crippen molar-refractivity contribution in [2.75, 3.05) is 5.32 Å². The molecule has 5 heteroatoms. The van der Waals surface area contributed by atoms with E-state index in [1.165, 1.54) is 16.8 Å². The van der Waals surface area contributed by atoms with Crippen LogP contribution in [-0.4, -0.2) is 9.38 Å². The van der Waals surface area contributed by atoms with Crippen molar-refractivity contribution in [1.29, 1.82) is 0 Å². The first-order chi connectivity index (χ1) is 9.13. The van der Waals surface area contributed by atoms with Crippen LogP contribution in [0.4, 0.5) is 5.69 Å². The number of aromatic nitrogens is 2. The summed E-state index contributed by atoms with van der Waals surface area (Å²) in [4.78, 5) is 5.62. The second kappa shape index (κ2) is 4.98. The lowest BCUT2D eigenvalue weighted by Crippen LogP contribution is -2.03. The molecule has 98 valence electrons. The van der Waals surface area contributed by atoms with Gasteiger partial charge in [-0.3, -0.25) is 4.40 Å². The smallest absolute Gasteiger partial charge is 0.193 e. The highest BCUT2D eigenvalue weighted by molar-refractivity contribution is 9.10. The minimum absolute atomic E-state index is 0.748. The topological polar surface area (TPSA) is 29.3 Å². The van der Waals surface area contributed by atoms with E-state index in [9.17, 15) is 0 Å². The van der Waals surface area contributed by atoms with Gasteiger partial charge >= 0.3 is 0 Å². The van der Waals surface area contributed by atoms with Crippen LogP contribution in [0, 0.1) is 13.8 Å². The quantitative estimate of drug-likeness (QED) is 0.769. The van der Waals surface area contributed by atoms with Gasteiger partial charge in [-0.15, -0.1) is 11.3 Å². The van der Waals surface area contributed by atoms with Gasteiger partial charge in [-0.2, -0.15) is 0 Å². The third-order valence-electron chi connectivity index (χ3n) is 3.09. The maximum atomic E-state index is 4.57. The van der Waals surface area contributed by atoms with Gasteiger partial charge in [0.25, 0.3) is 0 Å². The Hall–Kier alpha value is -1.33. The molecule has 0 saturated heterocycles. The maximum absolute atomic E-state index is 4.57. The fraction of sp³-hybridized carbons (Fsp3) is 0.214. The number of rotatable bonds is 3. The molecule has 0 amide bonds. The Balaban J connectivity index is 1.81. The molecule has 0 bridgehead atoms. The molecular formula is C14H14BrN3S. The highest BCUT2D eigenvalue weighted by Crippen LogP contribution is 2.25. The third-order valence-corrected chi connectivity index (χ3v) is 4.32. The van der Waals surface area contributed by atoms with Crippen LogP contribution < -0.4 is 5.32 Å². The molecule has 3 rings (SSSR count). The Bertz CT molecular complexity index is 678. The molecule has 0 atom stereocenters. The van der Waals surface area contributed by atoms with Gasteiger partial charge in [-0.1, -0.05) is 15.9 Å². The van der Waals surface area contributed by atoms with Crippen LogP contribution >= 0.6 is 27.3 Å². The van der Waals surface area contributed by atoms with Crippen molar-refractivity contribution < 1.29 is 0 Å². The molecule has 1 N–H and O–H groups in total. The van der Waals surface area contributed by atoms with Gasteiger partial charge in [0.15, 0.2) is 4.96 Å². The molecular weight excluding hydrogens is 322 g/mol. The Labute approximate surface area is 124 Å². The Morgan fingerprint density at radius 1 is 1.32 bits per heavy atom. The molecule has 0 fully saturated rings. The number of hydrogen-bond acceptors (Lipinski definition) is 3. The van der Waals surface area contributed by atoms with Gasteiger partial charge in [-0.25, -0.2) is 4.98 Å². The minimum atomic E-state index is 0.748. The van der Waals surface area contributed by atoms with Crippen LogP contribution in [0.1, 0.15) is 16.8 Å². The largest absolute Gasteiger partial charge is 0.379 e. The number of nitrogens with one attached hydrogen (secondary N) is 1. The van der Waals surface area contributed by atoms with E-state index in [4.69, 9.17) is 0 Å². The summed E-state index contributed by atoms with van der Waals surface area (Å²) in [5.41, 5.74) is 4.74. The summed E-state index contributed by atoms with van der Waals surface area (Å²) >= 11 is 5.18. The molecule has 0 aliphatic heterocycles. The fourth-order valence-electron chi connectivity index (χ4n) is 2.23. The number of anilines is 1. The molecule has 0 aliphatic carbocycles. The zero-order valence-corrected chi connectivity index (χ0v) is 13.2. The van der Waals surface area contributed by atoms with Gasteiger partial charge in [0, 0.05) is 27.9 Å². The highest BCUT2D eigenvalue weighted by atomic mass is 79.9. The summed E-state index contributed by atoms with van der Waals surface area (Å²) in [5, 5.41) is 5.53. The van der Waals surface area contributed by atoms with Crippen LogP contribution in [0.25, 0.3) is 4.96 Å². The first-order valence-electron chi connectivity index (χ1n) is 6.05. The van der Waals surface area contributed by atoms with E-state index in [0.29, 0.717) is 0 Å². The van der Waals surface area contributed by atoms with Crippen molar-refractivity contribution in [2.45, 2.75) is 20.4 Å². The maximum Gasteiger partial charge on any atom is 0.193 e. The van der Waals surface area contributed by atoms with E-state index < -0.39 is 0 Å². The second-order valence-corrected chi connectivity index (χ2v) is 6.38. The number of aryl methyl sites for hydroxylation is 2. The van der Waals surface area contributed by atoms with Crippen LogP contribution in [0.3, 0.4) is 0 Å². The predicted molar refractivity (Wildman–Crippen MR) is 84.0 cm³/mol. The Kier molecular flexibility index (Phi) is 3.33. The Morgan fingerprint density at radius 2 is 2.05 bits per heavy atom. The van der Waals surface area contributed by atoms with E-state index in [1.807, 2.05) is 11.6 Å². The molecule has 0 unspecified atom stereocenters. The minimum Gasteiger partial charge on any atom is -0.379 e. The van der Waals surface area contributed by atoms with Crippen molar-refractivity contribution in [1.82, 2.24) is 9.38 Å². The van der Waals surface area contributed by atoms with Crippen LogP contribution in [0.5, 0.6) is 0 Å². The monoisotopic (exact) mass is 335 g/mol. The van der Waals surface area contributed by atoms with Gasteiger partial charge in [0.1, 0.15) is 0 Å². The van der Waals surface area contributed by atoms with Crippen molar-refractivity contribution in [3.8, 4) is 0 Å². The molecule has 19 heavy (non-hydrogen) atoms. The van der Waals surface area contributed by atoms with E-state index in [-0.39, 0.29) is 0 Å². The van der Waals surface area contributed by atoms with E-state index in [0.717, 1.165) is 21.7 Å². The molecule has 0 aliphatic rings.